The standard InChI is InChI=1S/C14H20N2O4/c1-14(2,3)20-13(18)16(4)15-12(17)10-8-6-7-9-11(10)19-5/h6-9H,1-5H3,(H,15,17). The maximum Gasteiger partial charge on any atom is 0.428 e. The van der Waals surface area contributed by atoms with Crippen LogP contribution in [0.15, 0.2) is 24.3 Å². The number of amides is 2. The van der Waals surface area contributed by atoms with Crippen LogP contribution in [0.2, 0.25) is 0 Å². The van der Waals surface area contributed by atoms with E-state index in [0.29, 0.717) is 11.3 Å². The lowest BCUT2D eigenvalue weighted by Gasteiger charge is -2.25. The molecule has 20 heavy (non-hydrogen) atoms. The molecule has 6 nitrogen and oxygen atoms in total. The topological polar surface area (TPSA) is 67.9 Å². The first-order chi connectivity index (χ1) is 9.24. The molecule has 0 aliphatic rings. The molecule has 0 heterocycles. The van der Waals surface area contributed by atoms with Gasteiger partial charge in [-0.3, -0.25) is 10.2 Å². The minimum Gasteiger partial charge on any atom is -0.496 e. The molecule has 2 amide bonds. The van der Waals surface area contributed by atoms with Crippen LogP contribution < -0.4 is 10.2 Å². The Morgan fingerprint density at radius 1 is 1.20 bits per heavy atom. The van der Waals surface area contributed by atoms with E-state index in [1.165, 1.54) is 14.2 Å². The van der Waals surface area contributed by atoms with E-state index in [0.717, 1.165) is 5.01 Å². The summed E-state index contributed by atoms with van der Waals surface area (Å²) >= 11 is 0. The number of nitrogens with one attached hydrogen (secondary N) is 1. The van der Waals surface area contributed by atoms with Gasteiger partial charge in [-0.15, -0.1) is 0 Å². The summed E-state index contributed by atoms with van der Waals surface area (Å²) in [4.78, 5) is 23.8. The van der Waals surface area contributed by atoms with Crippen LogP contribution in [0, 0.1) is 0 Å². The number of nitrogens with zero attached hydrogens (tertiary/aromatic N) is 1. The van der Waals surface area contributed by atoms with Crippen molar-refractivity contribution in [2.24, 2.45) is 0 Å². The number of carbonyl (C=O) groups is 2. The number of benzene rings is 1. The summed E-state index contributed by atoms with van der Waals surface area (Å²) in [7, 11) is 2.89. The molecule has 6 heteroatoms. The highest BCUT2D eigenvalue weighted by atomic mass is 16.6. The molecule has 0 bridgehead atoms. The van der Waals surface area contributed by atoms with E-state index in [4.69, 9.17) is 9.47 Å². The lowest BCUT2D eigenvalue weighted by atomic mass is 10.2. The van der Waals surface area contributed by atoms with Crippen molar-refractivity contribution >= 4 is 12.0 Å². The van der Waals surface area contributed by atoms with Crippen molar-refractivity contribution in [3.8, 4) is 5.75 Å². The summed E-state index contributed by atoms with van der Waals surface area (Å²) in [6.07, 6.45) is -0.638. The Hall–Kier alpha value is -2.24. The van der Waals surface area contributed by atoms with E-state index in [9.17, 15) is 9.59 Å². The third-order valence-electron chi connectivity index (χ3n) is 2.29. The van der Waals surface area contributed by atoms with E-state index in [1.807, 2.05) is 0 Å². The predicted octanol–water partition coefficient (Wildman–Crippen LogP) is 2.21. The van der Waals surface area contributed by atoms with Gasteiger partial charge in [-0.25, -0.2) is 9.80 Å². The van der Waals surface area contributed by atoms with Crippen molar-refractivity contribution in [1.29, 1.82) is 0 Å². The average molecular weight is 280 g/mol. The van der Waals surface area contributed by atoms with Crippen LogP contribution in [0.1, 0.15) is 31.1 Å². The van der Waals surface area contributed by atoms with Gasteiger partial charge in [0.25, 0.3) is 5.91 Å². The number of methoxy groups -OCH3 is 1. The number of rotatable bonds is 2. The van der Waals surface area contributed by atoms with Gasteiger partial charge in [0.1, 0.15) is 11.4 Å². The first-order valence-electron chi connectivity index (χ1n) is 6.15. The Labute approximate surface area is 118 Å². The Bertz CT molecular complexity index is 494. The smallest absolute Gasteiger partial charge is 0.428 e. The molecule has 0 unspecified atom stereocenters. The second-order valence-corrected chi connectivity index (χ2v) is 5.18. The molecule has 0 spiro atoms. The van der Waals surface area contributed by atoms with Crippen LogP contribution in [0.4, 0.5) is 4.79 Å². The molecule has 0 aliphatic carbocycles. The summed E-state index contributed by atoms with van der Waals surface area (Å²) in [6.45, 7) is 5.25. The van der Waals surface area contributed by atoms with Gasteiger partial charge < -0.3 is 9.47 Å². The van der Waals surface area contributed by atoms with Gasteiger partial charge >= 0.3 is 6.09 Å². The molecule has 0 aliphatic heterocycles. The lowest BCUT2D eigenvalue weighted by Crippen LogP contribution is -2.45. The van der Waals surface area contributed by atoms with E-state index in [2.05, 4.69) is 5.43 Å². The summed E-state index contributed by atoms with van der Waals surface area (Å²) in [5.74, 6) is -0.0154. The number of hydrogen-bond acceptors (Lipinski definition) is 4. The summed E-state index contributed by atoms with van der Waals surface area (Å²) in [5, 5.41) is 1.00. The summed E-state index contributed by atoms with van der Waals surface area (Å²) in [6, 6.07) is 6.75. The minimum absolute atomic E-state index is 0.338. The van der Waals surface area contributed by atoms with E-state index < -0.39 is 17.6 Å². The Morgan fingerprint density at radius 2 is 1.80 bits per heavy atom. The number of carbonyl (C=O) groups excluding carboxylic acids is 2. The van der Waals surface area contributed by atoms with Gasteiger partial charge in [0.05, 0.1) is 12.7 Å². The third-order valence-corrected chi connectivity index (χ3v) is 2.29. The second kappa shape index (κ2) is 6.27. The van der Waals surface area contributed by atoms with Crippen molar-refractivity contribution in [3.63, 3.8) is 0 Å². The van der Waals surface area contributed by atoms with Crippen molar-refractivity contribution < 1.29 is 19.1 Å². The lowest BCUT2D eigenvalue weighted by molar-refractivity contribution is 0.0194. The average Bonchev–Trinajstić information content (AvgIpc) is 2.36. The van der Waals surface area contributed by atoms with Crippen molar-refractivity contribution in [3.05, 3.63) is 29.8 Å². The number of hydrazine groups is 1. The third kappa shape index (κ3) is 4.46. The van der Waals surface area contributed by atoms with Gasteiger partial charge in [0.15, 0.2) is 0 Å². The van der Waals surface area contributed by atoms with Crippen molar-refractivity contribution in [2.75, 3.05) is 14.2 Å². The fraction of sp³-hybridized carbons (Fsp3) is 0.429. The first kappa shape index (κ1) is 15.8. The number of hydrogen-bond donors (Lipinski definition) is 1. The van der Waals surface area contributed by atoms with Crippen LogP contribution in [0.3, 0.4) is 0 Å². The molecule has 0 fully saturated rings. The Balaban J connectivity index is 2.73. The zero-order valence-electron chi connectivity index (χ0n) is 12.4. The number of para-hydroxylation sites is 1. The van der Waals surface area contributed by atoms with Gasteiger partial charge in [-0.05, 0) is 32.9 Å². The quantitative estimate of drug-likeness (QED) is 0.843. The van der Waals surface area contributed by atoms with E-state index in [-0.39, 0.29) is 0 Å². The normalized spacial score (nSPS) is 10.7. The minimum atomic E-state index is -0.638. The van der Waals surface area contributed by atoms with Crippen LogP contribution in [0.25, 0.3) is 0 Å². The molecule has 1 rings (SSSR count). The monoisotopic (exact) mass is 280 g/mol. The number of ether oxygens (including phenoxy) is 2. The van der Waals surface area contributed by atoms with Gasteiger partial charge in [-0.2, -0.15) is 0 Å². The zero-order valence-corrected chi connectivity index (χ0v) is 12.4. The highest BCUT2D eigenvalue weighted by molar-refractivity contribution is 5.97. The summed E-state index contributed by atoms with van der Waals surface area (Å²) < 4.78 is 10.2. The molecule has 1 N–H and O–H groups in total. The van der Waals surface area contributed by atoms with Crippen LogP contribution in [-0.4, -0.2) is 36.8 Å². The first-order valence-corrected chi connectivity index (χ1v) is 6.15. The fourth-order valence-electron chi connectivity index (χ4n) is 1.42. The van der Waals surface area contributed by atoms with Crippen LogP contribution in [0.5, 0.6) is 5.75 Å². The maximum absolute atomic E-state index is 12.1. The van der Waals surface area contributed by atoms with E-state index >= 15 is 0 Å². The molecule has 1 aromatic rings. The molecule has 1 aromatic carbocycles. The molecular formula is C14H20N2O4. The van der Waals surface area contributed by atoms with Crippen molar-refractivity contribution in [2.45, 2.75) is 26.4 Å². The van der Waals surface area contributed by atoms with E-state index in [1.54, 1.807) is 45.0 Å². The highest BCUT2D eigenvalue weighted by Gasteiger charge is 2.22. The second-order valence-electron chi connectivity index (χ2n) is 5.18. The molecule has 0 aromatic heterocycles. The van der Waals surface area contributed by atoms with Gasteiger partial charge in [0, 0.05) is 7.05 Å². The van der Waals surface area contributed by atoms with Gasteiger partial charge in [0.2, 0.25) is 0 Å². The molecule has 0 atom stereocenters. The Kier molecular flexibility index (Phi) is 4.96. The maximum atomic E-state index is 12.1. The predicted molar refractivity (Wildman–Crippen MR) is 74.5 cm³/mol. The van der Waals surface area contributed by atoms with Crippen molar-refractivity contribution in [1.82, 2.24) is 10.4 Å². The van der Waals surface area contributed by atoms with Gasteiger partial charge in [-0.1, -0.05) is 12.1 Å². The molecule has 110 valence electrons. The molecule has 0 saturated carbocycles. The largest absolute Gasteiger partial charge is 0.496 e. The Morgan fingerprint density at radius 3 is 2.35 bits per heavy atom. The summed E-state index contributed by atoms with van der Waals surface area (Å²) in [5.41, 5.74) is 2.15. The molecular weight excluding hydrogens is 260 g/mol. The highest BCUT2D eigenvalue weighted by Crippen LogP contribution is 2.17. The van der Waals surface area contributed by atoms with Crippen LogP contribution in [-0.2, 0) is 4.74 Å². The SMILES string of the molecule is COc1ccccc1C(=O)NN(C)C(=O)OC(C)(C)C. The molecule has 0 saturated heterocycles. The fourth-order valence-corrected chi connectivity index (χ4v) is 1.42. The zero-order chi connectivity index (χ0) is 15.3. The van der Waals surface area contributed by atoms with Crippen LogP contribution >= 0.6 is 0 Å². The molecule has 0 radical (unpaired) electrons.